The van der Waals surface area contributed by atoms with Crippen LogP contribution in [0.5, 0.6) is 0 Å². The van der Waals surface area contributed by atoms with Gasteiger partial charge < -0.3 is 15.5 Å². The van der Waals surface area contributed by atoms with Gasteiger partial charge in [-0.15, -0.1) is 0 Å². The predicted molar refractivity (Wildman–Crippen MR) is 70.0 cm³/mol. The Bertz CT molecular complexity index is 386. The Hall–Kier alpha value is -1.36. The van der Waals surface area contributed by atoms with Crippen molar-refractivity contribution >= 4 is 11.6 Å². The van der Waals surface area contributed by atoms with E-state index in [9.17, 15) is 0 Å². The van der Waals surface area contributed by atoms with Crippen LogP contribution in [-0.2, 0) is 0 Å². The molecule has 0 aromatic carbocycles. The van der Waals surface area contributed by atoms with Crippen LogP contribution in [0.3, 0.4) is 0 Å². The molecule has 1 heterocycles. The van der Waals surface area contributed by atoms with E-state index in [1.165, 1.54) is 25.6 Å². The minimum atomic E-state index is 0.300. The molecule has 5 heteroatoms. The van der Waals surface area contributed by atoms with E-state index in [0.717, 1.165) is 12.4 Å². The van der Waals surface area contributed by atoms with Gasteiger partial charge in [0.15, 0.2) is 0 Å². The number of aromatic nitrogens is 2. The molecule has 0 bridgehead atoms. The highest BCUT2D eigenvalue weighted by Crippen LogP contribution is 2.37. The Morgan fingerprint density at radius 2 is 2.00 bits per heavy atom. The highest BCUT2D eigenvalue weighted by atomic mass is 15.3. The lowest BCUT2D eigenvalue weighted by Crippen LogP contribution is -2.56. The lowest BCUT2D eigenvalue weighted by molar-refractivity contribution is 0.0682. The predicted octanol–water partition coefficient (Wildman–Crippen LogP) is 0.979. The maximum Gasteiger partial charge on any atom is 0.133 e. The zero-order chi connectivity index (χ0) is 12.5. The third-order valence-electron chi connectivity index (χ3n) is 3.83. The summed E-state index contributed by atoms with van der Waals surface area (Å²) in [6, 6.07) is 1.82. The molecule has 17 heavy (non-hydrogen) atoms. The minimum absolute atomic E-state index is 0.300. The smallest absolute Gasteiger partial charge is 0.133 e. The first-order valence-corrected chi connectivity index (χ1v) is 6.00. The molecule has 1 saturated carbocycles. The molecule has 1 fully saturated rings. The fraction of sp³-hybridized carbons (Fsp3) is 0.667. The number of hydrogen-bond acceptors (Lipinski definition) is 5. The first-order chi connectivity index (χ1) is 8.03. The van der Waals surface area contributed by atoms with Gasteiger partial charge in [-0.05, 0) is 33.4 Å². The lowest BCUT2D eigenvalue weighted by Gasteiger charge is -2.49. The Morgan fingerprint density at radius 1 is 1.29 bits per heavy atom. The number of hydrogen-bond donors (Lipinski definition) is 1. The van der Waals surface area contributed by atoms with Crippen LogP contribution in [-0.4, -0.2) is 48.1 Å². The summed E-state index contributed by atoms with van der Waals surface area (Å²) < 4.78 is 0. The summed E-state index contributed by atoms with van der Waals surface area (Å²) in [7, 11) is 6.37. The van der Waals surface area contributed by atoms with Crippen LogP contribution < -0.4 is 10.6 Å². The van der Waals surface area contributed by atoms with Crippen molar-refractivity contribution in [2.24, 2.45) is 0 Å². The van der Waals surface area contributed by atoms with E-state index in [2.05, 4.69) is 40.9 Å². The third kappa shape index (κ3) is 2.34. The molecule has 0 radical (unpaired) electrons. The second kappa shape index (κ2) is 4.49. The molecule has 5 nitrogen and oxygen atoms in total. The van der Waals surface area contributed by atoms with E-state index in [4.69, 9.17) is 5.73 Å². The molecule has 0 aliphatic heterocycles. The fourth-order valence-electron chi connectivity index (χ4n) is 2.42. The van der Waals surface area contributed by atoms with E-state index in [-0.39, 0.29) is 0 Å². The van der Waals surface area contributed by atoms with Crippen LogP contribution >= 0.6 is 0 Å². The zero-order valence-corrected chi connectivity index (χ0v) is 10.8. The summed E-state index contributed by atoms with van der Waals surface area (Å²) in [6.45, 7) is 0.983. The van der Waals surface area contributed by atoms with Crippen LogP contribution in [0.1, 0.15) is 19.3 Å². The second-order valence-electron chi connectivity index (χ2n) is 5.13. The molecular weight excluding hydrogens is 214 g/mol. The molecule has 2 N–H and O–H groups in total. The maximum absolute atomic E-state index is 5.68. The Morgan fingerprint density at radius 3 is 2.47 bits per heavy atom. The van der Waals surface area contributed by atoms with Gasteiger partial charge in [0.25, 0.3) is 0 Å². The molecule has 2 rings (SSSR count). The largest absolute Gasteiger partial charge is 0.384 e. The molecule has 1 aliphatic carbocycles. The van der Waals surface area contributed by atoms with Crippen LogP contribution in [0.4, 0.5) is 11.6 Å². The van der Waals surface area contributed by atoms with Gasteiger partial charge in [0.05, 0.1) is 0 Å². The summed E-state index contributed by atoms with van der Waals surface area (Å²) in [4.78, 5) is 12.7. The van der Waals surface area contributed by atoms with E-state index in [1.807, 2.05) is 6.07 Å². The number of nitrogen functional groups attached to an aromatic ring is 1. The third-order valence-corrected chi connectivity index (χ3v) is 3.83. The van der Waals surface area contributed by atoms with Crippen molar-refractivity contribution in [1.29, 1.82) is 0 Å². The SMILES string of the molecule is CN(CC1(N(C)C)CCC1)c1cc(N)ncn1. The van der Waals surface area contributed by atoms with Gasteiger partial charge in [-0.3, -0.25) is 0 Å². The molecule has 0 amide bonds. The van der Waals surface area contributed by atoms with Crippen molar-refractivity contribution in [1.82, 2.24) is 14.9 Å². The van der Waals surface area contributed by atoms with Gasteiger partial charge in [-0.2, -0.15) is 0 Å². The first-order valence-electron chi connectivity index (χ1n) is 6.00. The molecule has 0 spiro atoms. The zero-order valence-electron chi connectivity index (χ0n) is 10.8. The number of likely N-dealkylation sites (N-methyl/N-ethyl adjacent to an activating group) is 2. The molecule has 1 aromatic rings. The molecule has 0 saturated heterocycles. The highest BCUT2D eigenvalue weighted by molar-refractivity contribution is 5.45. The molecular formula is C12H21N5. The van der Waals surface area contributed by atoms with Gasteiger partial charge in [0.1, 0.15) is 18.0 Å². The van der Waals surface area contributed by atoms with Gasteiger partial charge in [-0.25, -0.2) is 9.97 Å². The van der Waals surface area contributed by atoms with Crippen molar-refractivity contribution in [3.8, 4) is 0 Å². The lowest BCUT2D eigenvalue weighted by atomic mass is 9.75. The fourth-order valence-corrected chi connectivity index (χ4v) is 2.42. The van der Waals surface area contributed by atoms with Crippen molar-refractivity contribution in [3.05, 3.63) is 12.4 Å². The molecule has 0 unspecified atom stereocenters. The van der Waals surface area contributed by atoms with Crippen molar-refractivity contribution in [3.63, 3.8) is 0 Å². The van der Waals surface area contributed by atoms with E-state index < -0.39 is 0 Å². The van der Waals surface area contributed by atoms with Gasteiger partial charge >= 0.3 is 0 Å². The summed E-state index contributed by atoms with van der Waals surface area (Å²) in [5.41, 5.74) is 5.98. The normalized spacial score (nSPS) is 17.9. The number of anilines is 2. The average Bonchev–Trinajstić information content (AvgIpc) is 2.22. The Kier molecular flexibility index (Phi) is 3.19. The minimum Gasteiger partial charge on any atom is -0.384 e. The van der Waals surface area contributed by atoms with E-state index in [1.54, 1.807) is 0 Å². The van der Waals surface area contributed by atoms with Crippen LogP contribution in [0.2, 0.25) is 0 Å². The second-order valence-corrected chi connectivity index (χ2v) is 5.13. The average molecular weight is 235 g/mol. The summed E-state index contributed by atoms with van der Waals surface area (Å²) in [5, 5.41) is 0. The number of nitrogens with two attached hydrogens (primary N) is 1. The van der Waals surface area contributed by atoms with Crippen molar-refractivity contribution in [2.75, 3.05) is 38.3 Å². The topological polar surface area (TPSA) is 58.3 Å². The molecule has 0 atom stereocenters. The van der Waals surface area contributed by atoms with Crippen molar-refractivity contribution in [2.45, 2.75) is 24.8 Å². The molecule has 94 valence electrons. The first kappa shape index (κ1) is 12.1. The summed E-state index contributed by atoms with van der Waals surface area (Å²) in [5.74, 6) is 1.42. The van der Waals surface area contributed by atoms with Gasteiger partial charge in [-0.1, -0.05) is 0 Å². The number of rotatable bonds is 4. The van der Waals surface area contributed by atoms with Gasteiger partial charge in [0, 0.05) is 25.2 Å². The number of nitrogens with zero attached hydrogens (tertiary/aromatic N) is 4. The van der Waals surface area contributed by atoms with E-state index in [0.29, 0.717) is 11.4 Å². The maximum atomic E-state index is 5.68. The Labute approximate surface area is 103 Å². The van der Waals surface area contributed by atoms with Crippen molar-refractivity contribution < 1.29 is 0 Å². The van der Waals surface area contributed by atoms with Crippen LogP contribution in [0, 0.1) is 0 Å². The molecule has 1 aliphatic rings. The van der Waals surface area contributed by atoms with Crippen LogP contribution in [0.25, 0.3) is 0 Å². The monoisotopic (exact) mass is 235 g/mol. The standard InChI is InChI=1S/C12H21N5/c1-16(2)12(5-4-6-12)8-17(3)11-7-10(13)14-9-15-11/h7,9H,4-6,8H2,1-3H3,(H2,13,14,15). The quantitative estimate of drug-likeness (QED) is 0.843. The van der Waals surface area contributed by atoms with Gasteiger partial charge in [0.2, 0.25) is 0 Å². The van der Waals surface area contributed by atoms with E-state index >= 15 is 0 Å². The Balaban J connectivity index is 2.08. The van der Waals surface area contributed by atoms with Crippen LogP contribution in [0.15, 0.2) is 12.4 Å². The summed E-state index contributed by atoms with van der Waals surface area (Å²) >= 11 is 0. The highest BCUT2D eigenvalue weighted by Gasteiger charge is 2.40. The molecule has 1 aromatic heterocycles. The summed E-state index contributed by atoms with van der Waals surface area (Å²) in [6.07, 6.45) is 5.35.